The van der Waals surface area contributed by atoms with Gasteiger partial charge in [-0.1, -0.05) is 6.07 Å². The maximum absolute atomic E-state index is 12.0. The lowest BCUT2D eigenvalue weighted by atomic mass is 10.1. The van der Waals surface area contributed by atoms with Crippen molar-refractivity contribution in [3.8, 4) is 17.2 Å². The number of hydrogen-bond donors (Lipinski definition) is 1. The molecule has 1 N–H and O–H groups in total. The number of rotatable bonds is 8. The van der Waals surface area contributed by atoms with Crippen LogP contribution in [-0.2, 0) is 16.0 Å². The second kappa shape index (κ2) is 8.36. The van der Waals surface area contributed by atoms with Gasteiger partial charge in [0.15, 0.2) is 11.5 Å². The molecule has 6 nitrogen and oxygen atoms in total. The number of carbonyl (C=O) groups excluding carboxylic acids is 1. The van der Waals surface area contributed by atoms with Crippen LogP contribution in [0.25, 0.3) is 0 Å². The molecular formula is C15H23NO5. The van der Waals surface area contributed by atoms with Crippen LogP contribution in [0.1, 0.15) is 12.5 Å². The average molecular weight is 297 g/mol. The maximum Gasteiger partial charge on any atom is 0.224 e. The van der Waals surface area contributed by atoms with E-state index in [-0.39, 0.29) is 18.4 Å². The summed E-state index contributed by atoms with van der Waals surface area (Å²) in [5.41, 5.74) is 0.734. The third-order valence-electron chi connectivity index (χ3n) is 2.96. The van der Waals surface area contributed by atoms with Gasteiger partial charge < -0.3 is 24.3 Å². The zero-order valence-corrected chi connectivity index (χ0v) is 13.2. The SMILES string of the molecule is COCC(C)NC(=O)Cc1ccc(OC)c(OC)c1OC. The number of benzene rings is 1. The average Bonchev–Trinajstić information content (AvgIpc) is 2.46. The number of carbonyl (C=O) groups is 1. The van der Waals surface area contributed by atoms with Crippen molar-refractivity contribution in [1.29, 1.82) is 0 Å². The van der Waals surface area contributed by atoms with Crippen LogP contribution < -0.4 is 19.5 Å². The minimum atomic E-state index is -0.106. The minimum absolute atomic E-state index is 0.0476. The maximum atomic E-state index is 12.0. The summed E-state index contributed by atoms with van der Waals surface area (Å²) >= 11 is 0. The Morgan fingerprint density at radius 1 is 1.10 bits per heavy atom. The lowest BCUT2D eigenvalue weighted by Crippen LogP contribution is -2.36. The first kappa shape index (κ1) is 17.1. The van der Waals surface area contributed by atoms with Crippen LogP contribution in [0, 0.1) is 0 Å². The largest absolute Gasteiger partial charge is 0.493 e. The Bertz CT molecular complexity index is 475. The second-order valence-electron chi connectivity index (χ2n) is 4.59. The van der Waals surface area contributed by atoms with Gasteiger partial charge in [-0.15, -0.1) is 0 Å². The van der Waals surface area contributed by atoms with Gasteiger partial charge in [-0.05, 0) is 13.0 Å². The van der Waals surface area contributed by atoms with E-state index in [4.69, 9.17) is 18.9 Å². The van der Waals surface area contributed by atoms with E-state index in [2.05, 4.69) is 5.32 Å². The highest BCUT2D eigenvalue weighted by atomic mass is 16.5. The van der Waals surface area contributed by atoms with Gasteiger partial charge in [-0.2, -0.15) is 0 Å². The van der Waals surface area contributed by atoms with Crippen molar-refractivity contribution in [1.82, 2.24) is 5.32 Å². The molecule has 0 radical (unpaired) electrons. The van der Waals surface area contributed by atoms with Crippen LogP contribution >= 0.6 is 0 Å². The fourth-order valence-corrected chi connectivity index (χ4v) is 2.09. The molecule has 0 aliphatic carbocycles. The molecule has 0 aromatic heterocycles. The molecule has 0 aliphatic heterocycles. The lowest BCUT2D eigenvalue weighted by Gasteiger charge is -2.17. The molecule has 6 heteroatoms. The van der Waals surface area contributed by atoms with Gasteiger partial charge in [0.25, 0.3) is 0 Å². The molecule has 0 fully saturated rings. The van der Waals surface area contributed by atoms with Gasteiger partial charge in [-0.3, -0.25) is 4.79 Å². The first-order valence-corrected chi connectivity index (χ1v) is 6.63. The predicted molar refractivity (Wildman–Crippen MR) is 79.3 cm³/mol. The smallest absolute Gasteiger partial charge is 0.224 e. The van der Waals surface area contributed by atoms with Crippen LogP contribution in [0.3, 0.4) is 0 Å². The summed E-state index contributed by atoms with van der Waals surface area (Å²) in [6.07, 6.45) is 0.192. The van der Waals surface area contributed by atoms with Gasteiger partial charge >= 0.3 is 0 Å². The first-order chi connectivity index (χ1) is 10.1. The summed E-state index contributed by atoms with van der Waals surface area (Å²) < 4.78 is 20.9. The molecule has 1 amide bonds. The molecule has 118 valence electrons. The van der Waals surface area contributed by atoms with Crippen LogP contribution in [0.5, 0.6) is 17.2 Å². The lowest BCUT2D eigenvalue weighted by molar-refractivity contribution is -0.121. The summed E-state index contributed by atoms with van der Waals surface area (Å²) in [6.45, 7) is 2.35. The standard InChI is InChI=1S/C15H23NO5/c1-10(9-18-2)16-13(17)8-11-6-7-12(19-3)15(21-5)14(11)20-4/h6-7,10H,8-9H2,1-5H3,(H,16,17). The fraction of sp³-hybridized carbons (Fsp3) is 0.533. The van der Waals surface area contributed by atoms with Gasteiger partial charge in [0.05, 0.1) is 34.4 Å². The Morgan fingerprint density at radius 3 is 2.29 bits per heavy atom. The van der Waals surface area contributed by atoms with Crippen molar-refractivity contribution in [3.05, 3.63) is 17.7 Å². The molecule has 21 heavy (non-hydrogen) atoms. The van der Waals surface area contributed by atoms with Gasteiger partial charge in [0.1, 0.15) is 0 Å². The van der Waals surface area contributed by atoms with Gasteiger partial charge in [0, 0.05) is 18.7 Å². The molecular weight excluding hydrogens is 274 g/mol. The van der Waals surface area contributed by atoms with Crippen LogP contribution in [-0.4, -0.2) is 47.0 Å². The highest BCUT2D eigenvalue weighted by Gasteiger charge is 2.18. The third kappa shape index (κ3) is 4.53. The van der Waals surface area contributed by atoms with E-state index >= 15 is 0 Å². The molecule has 1 atom stereocenters. The minimum Gasteiger partial charge on any atom is -0.493 e. The number of methoxy groups -OCH3 is 4. The van der Waals surface area contributed by atoms with E-state index < -0.39 is 0 Å². The van der Waals surface area contributed by atoms with Crippen molar-refractivity contribution in [2.24, 2.45) is 0 Å². The normalized spacial score (nSPS) is 11.7. The van der Waals surface area contributed by atoms with E-state index in [0.717, 1.165) is 5.56 Å². The number of hydrogen-bond acceptors (Lipinski definition) is 5. The van der Waals surface area contributed by atoms with E-state index in [1.54, 1.807) is 26.4 Å². The van der Waals surface area contributed by atoms with E-state index in [0.29, 0.717) is 23.9 Å². The van der Waals surface area contributed by atoms with Crippen molar-refractivity contribution >= 4 is 5.91 Å². The summed E-state index contributed by atoms with van der Waals surface area (Å²) in [7, 11) is 6.22. The summed E-state index contributed by atoms with van der Waals surface area (Å²) in [6, 6.07) is 3.50. The Labute approximate surface area is 125 Å². The molecule has 0 saturated carbocycles. The van der Waals surface area contributed by atoms with Crippen molar-refractivity contribution < 1.29 is 23.7 Å². The van der Waals surface area contributed by atoms with Gasteiger partial charge in [0.2, 0.25) is 11.7 Å². The Hall–Kier alpha value is -1.95. The predicted octanol–water partition coefficient (Wildman–Crippen LogP) is 1.41. The van der Waals surface area contributed by atoms with Crippen molar-refractivity contribution in [3.63, 3.8) is 0 Å². The van der Waals surface area contributed by atoms with E-state index in [9.17, 15) is 4.79 Å². The van der Waals surface area contributed by atoms with E-state index in [1.807, 2.05) is 6.92 Å². The van der Waals surface area contributed by atoms with Crippen LogP contribution in [0.2, 0.25) is 0 Å². The monoisotopic (exact) mass is 297 g/mol. The summed E-state index contributed by atoms with van der Waals surface area (Å²) in [5.74, 6) is 1.44. The Morgan fingerprint density at radius 2 is 1.76 bits per heavy atom. The summed E-state index contributed by atoms with van der Waals surface area (Å²) in [4.78, 5) is 12.0. The van der Waals surface area contributed by atoms with E-state index in [1.165, 1.54) is 14.2 Å². The van der Waals surface area contributed by atoms with Crippen molar-refractivity contribution in [2.75, 3.05) is 35.0 Å². The second-order valence-corrected chi connectivity index (χ2v) is 4.59. The molecule has 1 aromatic rings. The zero-order chi connectivity index (χ0) is 15.8. The molecule has 1 unspecified atom stereocenters. The highest BCUT2D eigenvalue weighted by molar-refractivity contribution is 5.80. The third-order valence-corrected chi connectivity index (χ3v) is 2.96. The molecule has 1 aromatic carbocycles. The first-order valence-electron chi connectivity index (χ1n) is 6.63. The Kier molecular flexibility index (Phi) is 6.81. The molecule has 0 heterocycles. The Balaban J connectivity index is 2.90. The number of ether oxygens (including phenoxy) is 4. The summed E-state index contributed by atoms with van der Waals surface area (Å²) in [5, 5.41) is 2.86. The number of amides is 1. The number of nitrogens with one attached hydrogen (secondary N) is 1. The highest BCUT2D eigenvalue weighted by Crippen LogP contribution is 2.39. The molecule has 0 spiro atoms. The van der Waals surface area contributed by atoms with Crippen LogP contribution in [0.15, 0.2) is 12.1 Å². The van der Waals surface area contributed by atoms with Crippen molar-refractivity contribution in [2.45, 2.75) is 19.4 Å². The quantitative estimate of drug-likeness (QED) is 0.786. The van der Waals surface area contributed by atoms with Crippen LogP contribution in [0.4, 0.5) is 0 Å². The topological polar surface area (TPSA) is 66.0 Å². The molecule has 0 bridgehead atoms. The van der Waals surface area contributed by atoms with Gasteiger partial charge in [-0.25, -0.2) is 0 Å². The molecule has 0 aliphatic rings. The zero-order valence-electron chi connectivity index (χ0n) is 13.2. The molecule has 0 saturated heterocycles. The molecule has 1 rings (SSSR count). The fourth-order valence-electron chi connectivity index (χ4n) is 2.09.